The van der Waals surface area contributed by atoms with Gasteiger partial charge < -0.3 is 10.3 Å². The van der Waals surface area contributed by atoms with Crippen LogP contribution in [0.5, 0.6) is 0 Å². The van der Waals surface area contributed by atoms with Gasteiger partial charge in [0, 0.05) is 16.8 Å². The van der Waals surface area contributed by atoms with Gasteiger partial charge in [-0.15, -0.1) is 11.8 Å². The van der Waals surface area contributed by atoms with E-state index in [9.17, 15) is 0 Å². The van der Waals surface area contributed by atoms with E-state index in [0.717, 1.165) is 17.1 Å². The van der Waals surface area contributed by atoms with Gasteiger partial charge in [0.2, 0.25) is 5.89 Å². The molecule has 20 heavy (non-hydrogen) atoms. The SMILES string of the molecule is CC1SCCSC1c1noc(C(N)c2ccccc2)n1. The van der Waals surface area contributed by atoms with E-state index in [2.05, 4.69) is 17.1 Å². The number of hydrogen-bond acceptors (Lipinski definition) is 6. The minimum atomic E-state index is -0.353. The van der Waals surface area contributed by atoms with Crippen molar-refractivity contribution < 1.29 is 4.52 Å². The second-order valence-electron chi connectivity index (χ2n) is 4.75. The van der Waals surface area contributed by atoms with Crippen molar-refractivity contribution in [3.63, 3.8) is 0 Å². The van der Waals surface area contributed by atoms with Crippen LogP contribution in [0.3, 0.4) is 0 Å². The lowest BCUT2D eigenvalue weighted by Crippen LogP contribution is -2.17. The molecular weight excluding hydrogens is 290 g/mol. The van der Waals surface area contributed by atoms with Crippen molar-refractivity contribution in [3.05, 3.63) is 47.6 Å². The standard InChI is InChI=1S/C14H17N3OS2/c1-9-12(20-8-7-19-9)13-16-14(18-17-13)11(15)10-5-3-2-4-6-10/h2-6,9,11-12H,7-8,15H2,1H3. The van der Waals surface area contributed by atoms with Gasteiger partial charge in [0.25, 0.3) is 0 Å². The third-order valence-corrected chi connectivity index (χ3v) is 6.41. The topological polar surface area (TPSA) is 64.9 Å². The molecule has 0 amide bonds. The molecule has 4 nitrogen and oxygen atoms in total. The molecule has 3 atom stereocenters. The first-order chi connectivity index (χ1) is 9.75. The summed E-state index contributed by atoms with van der Waals surface area (Å²) in [4.78, 5) is 4.52. The highest BCUT2D eigenvalue weighted by atomic mass is 32.2. The van der Waals surface area contributed by atoms with E-state index < -0.39 is 0 Å². The van der Waals surface area contributed by atoms with Gasteiger partial charge in [-0.1, -0.05) is 42.4 Å². The fourth-order valence-corrected chi connectivity index (χ4v) is 4.89. The molecule has 1 aromatic heterocycles. The molecule has 1 saturated heterocycles. The molecule has 6 heteroatoms. The second-order valence-corrected chi connectivity index (χ2v) is 7.48. The van der Waals surface area contributed by atoms with Crippen LogP contribution in [0, 0.1) is 0 Å². The molecule has 1 aliphatic heterocycles. The summed E-state index contributed by atoms with van der Waals surface area (Å²) in [6.07, 6.45) is 0. The van der Waals surface area contributed by atoms with E-state index in [0.29, 0.717) is 16.4 Å². The quantitative estimate of drug-likeness (QED) is 0.940. The Morgan fingerprint density at radius 1 is 1.25 bits per heavy atom. The lowest BCUT2D eigenvalue weighted by molar-refractivity contribution is 0.362. The van der Waals surface area contributed by atoms with Crippen molar-refractivity contribution in [2.75, 3.05) is 11.5 Å². The Morgan fingerprint density at radius 3 is 2.75 bits per heavy atom. The van der Waals surface area contributed by atoms with Crippen molar-refractivity contribution in [3.8, 4) is 0 Å². The van der Waals surface area contributed by atoms with E-state index >= 15 is 0 Å². The van der Waals surface area contributed by atoms with Crippen LogP contribution >= 0.6 is 23.5 Å². The number of nitrogens with two attached hydrogens (primary N) is 1. The molecule has 106 valence electrons. The molecule has 1 aromatic carbocycles. The van der Waals surface area contributed by atoms with Gasteiger partial charge in [0.15, 0.2) is 5.82 Å². The Kier molecular flexibility index (Phi) is 4.33. The third-order valence-electron chi connectivity index (χ3n) is 3.32. The minimum Gasteiger partial charge on any atom is -0.337 e. The first-order valence-electron chi connectivity index (χ1n) is 6.63. The Morgan fingerprint density at radius 2 is 2.00 bits per heavy atom. The van der Waals surface area contributed by atoms with Crippen molar-refractivity contribution >= 4 is 23.5 Å². The minimum absolute atomic E-state index is 0.300. The molecule has 1 aliphatic rings. The molecule has 1 fully saturated rings. The summed E-state index contributed by atoms with van der Waals surface area (Å²) in [6, 6.07) is 9.48. The van der Waals surface area contributed by atoms with Crippen LogP contribution in [0.4, 0.5) is 0 Å². The summed E-state index contributed by atoms with van der Waals surface area (Å²) >= 11 is 3.86. The van der Waals surface area contributed by atoms with E-state index in [-0.39, 0.29) is 6.04 Å². The summed E-state index contributed by atoms with van der Waals surface area (Å²) in [5.41, 5.74) is 7.17. The van der Waals surface area contributed by atoms with Gasteiger partial charge in [-0.05, 0) is 5.56 Å². The Hall–Kier alpha value is -0.980. The largest absolute Gasteiger partial charge is 0.337 e. The van der Waals surface area contributed by atoms with Crippen LogP contribution in [0.2, 0.25) is 0 Å². The Labute approximate surface area is 126 Å². The number of nitrogens with zero attached hydrogens (tertiary/aromatic N) is 2. The summed E-state index contributed by atoms with van der Waals surface area (Å²) in [6.45, 7) is 2.22. The zero-order valence-corrected chi connectivity index (χ0v) is 12.9. The second kappa shape index (κ2) is 6.20. The first kappa shape index (κ1) is 14.0. The monoisotopic (exact) mass is 307 g/mol. The fraction of sp³-hybridized carbons (Fsp3) is 0.429. The van der Waals surface area contributed by atoms with Crippen molar-refractivity contribution in [1.82, 2.24) is 10.1 Å². The van der Waals surface area contributed by atoms with Crippen molar-refractivity contribution in [2.24, 2.45) is 5.73 Å². The normalized spacial score (nSPS) is 24.5. The maximum absolute atomic E-state index is 6.19. The number of thioether (sulfide) groups is 2. The maximum atomic E-state index is 6.19. The van der Waals surface area contributed by atoms with Gasteiger partial charge in [0.05, 0.1) is 5.25 Å². The molecule has 0 bridgehead atoms. The summed E-state index contributed by atoms with van der Waals surface area (Å²) < 4.78 is 5.37. The van der Waals surface area contributed by atoms with Gasteiger partial charge >= 0.3 is 0 Å². The van der Waals surface area contributed by atoms with Crippen LogP contribution in [0.15, 0.2) is 34.9 Å². The van der Waals surface area contributed by atoms with Crippen LogP contribution in [0.1, 0.15) is 35.5 Å². The van der Waals surface area contributed by atoms with Gasteiger partial charge in [-0.2, -0.15) is 16.7 Å². The molecule has 0 aliphatic carbocycles. The van der Waals surface area contributed by atoms with Crippen LogP contribution in [-0.2, 0) is 0 Å². The molecular formula is C14H17N3OS2. The average molecular weight is 307 g/mol. The lowest BCUT2D eigenvalue weighted by atomic mass is 10.1. The van der Waals surface area contributed by atoms with Gasteiger partial charge in [-0.25, -0.2) is 0 Å². The number of hydrogen-bond donors (Lipinski definition) is 1. The third kappa shape index (κ3) is 2.87. The van der Waals surface area contributed by atoms with E-state index in [1.54, 1.807) is 0 Å². The van der Waals surface area contributed by atoms with Gasteiger partial charge in [-0.3, -0.25) is 0 Å². The first-order valence-corrected chi connectivity index (χ1v) is 8.72. The number of rotatable bonds is 3. The molecule has 0 radical (unpaired) electrons. The maximum Gasteiger partial charge on any atom is 0.248 e. The fourth-order valence-electron chi connectivity index (χ4n) is 2.21. The number of benzene rings is 1. The highest BCUT2D eigenvalue weighted by Crippen LogP contribution is 2.41. The smallest absolute Gasteiger partial charge is 0.248 e. The molecule has 2 aromatic rings. The Balaban J connectivity index is 1.79. The Bertz CT molecular complexity index is 561. The summed E-state index contributed by atoms with van der Waals surface area (Å²) in [7, 11) is 0. The van der Waals surface area contributed by atoms with E-state index in [1.807, 2.05) is 53.9 Å². The highest BCUT2D eigenvalue weighted by Gasteiger charge is 2.29. The molecule has 0 saturated carbocycles. The van der Waals surface area contributed by atoms with Crippen molar-refractivity contribution in [2.45, 2.75) is 23.5 Å². The predicted octanol–water partition coefficient (Wildman–Crippen LogP) is 3.03. The summed E-state index contributed by atoms with van der Waals surface area (Å²) in [5, 5.41) is 4.94. The molecule has 0 spiro atoms. The predicted molar refractivity (Wildman–Crippen MR) is 83.9 cm³/mol. The van der Waals surface area contributed by atoms with Crippen LogP contribution < -0.4 is 5.73 Å². The average Bonchev–Trinajstić information content (AvgIpc) is 2.97. The molecule has 3 rings (SSSR count). The molecule has 2 N–H and O–H groups in total. The lowest BCUT2D eigenvalue weighted by Gasteiger charge is -2.24. The molecule has 2 heterocycles. The van der Waals surface area contributed by atoms with Gasteiger partial charge in [0.1, 0.15) is 6.04 Å². The molecule has 3 unspecified atom stereocenters. The zero-order chi connectivity index (χ0) is 13.9. The van der Waals surface area contributed by atoms with Crippen LogP contribution in [0.25, 0.3) is 0 Å². The summed E-state index contributed by atoms with van der Waals surface area (Å²) in [5.74, 6) is 3.59. The van der Waals surface area contributed by atoms with E-state index in [4.69, 9.17) is 10.3 Å². The number of aromatic nitrogens is 2. The highest BCUT2D eigenvalue weighted by molar-refractivity contribution is 8.06. The van der Waals surface area contributed by atoms with E-state index in [1.165, 1.54) is 5.75 Å². The van der Waals surface area contributed by atoms with Crippen LogP contribution in [-0.4, -0.2) is 26.9 Å². The zero-order valence-electron chi connectivity index (χ0n) is 11.2. The van der Waals surface area contributed by atoms with Crippen molar-refractivity contribution in [1.29, 1.82) is 0 Å².